The number of benzene rings is 2. The zero-order valence-electron chi connectivity index (χ0n) is 12.0. The maximum atomic E-state index is 11.8. The summed E-state index contributed by atoms with van der Waals surface area (Å²) >= 11 is 1.80. The highest BCUT2D eigenvalue weighted by Crippen LogP contribution is 2.16. The van der Waals surface area contributed by atoms with Gasteiger partial charge in [-0.15, -0.1) is 0 Å². The number of methoxy groups -OCH3 is 1. The Balaban J connectivity index is 1.64. The summed E-state index contributed by atoms with van der Waals surface area (Å²) in [5.41, 5.74) is 1.97. The number of hydrogen-bond acceptors (Lipinski definition) is 3. The monoisotopic (exact) mass is 301 g/mol. The first-order chi connectivity index (χ1) is 10.3. The van der Waals surface area contributed by atoms with Gasteiger partial charge in [0.1, 0.15) is 5.75 Å². The van der Waals surface area contributed by atoms with Crippen molar-refractivity contribution in [3.63, 3.8) is 0 Å². The van der Waals surface area contributed by atoms with Crippen LogP contribution in [0.15, 0.2) is 54.6 Å². The first-order valence-electron chi connectivity index (χ1n) is 6.83. The molecule has 0 aliphatic rings. The lowest BCUT2D eigenvalue weighted by Gasteiger charge is -2.06. The number of hydrogen-bond donors (Lipinski definition) is 1. The van der Waals surface area contributed by atoms with E-state index in [1.807, 2.05) is 42.5 Å². The predicted molar refractivity (Wildman–Crippen MR) is 87.9 cm³/mol. The normalized spacial score (nSPS) is 10.1. The van der Waals surface area contributed by atoms with Crippen LogP contribution in [0.2, 0.25) is 0 Å². The molecule has 2 aromatic rings. The number of thioether (sulfide) groups is 1. The lowest BCUT2D eigenvalue weighted by atomic mass is 10.2. The highest BCUT2D eigenvalue weighted by atomic mass is 32.2. The summed E-state index contributed by atoms with van der Waals surface area (Å²) in [6.45, 7) is 0.675. The van der Waals surface area contributed by atoms with Gasteiger partial charge in [0, 0.05) is 23.6 Å². The van der Waals surface area contributed by atoms with Crippen molar-refractivity contribution in [3.8, 4) is 5.75 Å². The van der Waals surface area contributed by atoms with Crippen LogP contribution in [0.4, 0.5) is 0 Å². The number of amides is 1. The van der Waals surface area contributed by atoms with Crippen molar-refractivity contribution in [2.24, 2.45) is 0 Å². The van der Waals surface area contributed by atoms with Crippen molar-refractivity contribution < 1.29 is 9.53 Å². The van der Waals surface area contributed by atoms with Crippen molar-refractivity contribution in [3.05, 3.63) is 65.7 Å². The number of ether oxygens (including phenoxy) is 1. The van der Waals surface area contributed by atoms with E-state index in [1.54, 1.807) is 18.9 Å². The molecule has 0 bridgehead atoms. The molecule has 0 aliphatic carbocycles. The quantitative estimate of drug-likeness (QED) is 0.797. The summed E-state index contributed by atoms with van der Waals surface area (Å²) in [4.78, 5) is 11.8. The van der Waals surface area contributed by atoms with Crippen LogP contribution in [0, 0.1) is 0 Å². The maximum Gasteiger partial charge on any atom is 0.251 e. The summed E-state index contributed by atoms with van der Waals surface area (Å²) in [6.07, 6.45) is 0. The molecule has 0 unspecified atom stereocenters. The summed E-state index contributed by atoms with van der Waals surface area (Å²) in [5.74, 6) is 2.69. The van der Waals surface area contributed by atoms with Crippen LogP contribution in [-0.2, 0) is 5.75 Å². The second kappa shape index (κ2) is 8.37. The zero-order valence-corrected chi connectivity index (χ0v) is 12.9. The van der Waals surface area contributed by atoms with Crippen molar-refractivity contribution in [2.75, 3.05) is 19.4 Å². The van der Waals surface area contributed by atoms with Gasteiger partial charge in [-0.2, -0.15) is 11.8 Å². The Morgan fingerprint density at radius 3 is 2.48 bits per heavy atom. The van der Waals surface area contributed by atoms with Crippen LogP contribution in [-0.4, -0.2) is 25.3 Å². The van der Waals surface area contributed by atoms with Gasteiger partial charge in [0.25, 0.3) is 5.91 Å². The molecule has 0 saturated carbocycles. The van der Waals surface area contributed by atoms with E-state index >= 15 is 0 Å². The van der Waals surface area contributed by atoms with E-state index in [-0.39, 0.29) is 5.91 Å². The Hall–Kier alpha value is -1.94. The fourth-order valence-electron chi connectivity index (χ4n) is 1.84. The Kier molecular flexibility index (Phi) is 6.16. The summed E-state index contributed by atoms with van der Waals surface area (Å²) in [5, 5.41) is 2.92. The van der Waals surface area contributed by atoms with E-state index in [0.717, 1.165) is 17.3 Å². The molecule has 1 amide bonds. The summed E-state index contributed by atoms with van der Waals surface area (Å²) in [6, 6.07) is 17.3. The van der Waals surface area contributed by atoms with Crippen molar-refractivity contribution >= 4 is 17.7 Å². The van der Waals surface area contributed by atoms with Gasteiger partial charge in [-0.1, -0.05) is 30.3 Å². The standard InChI is InChI=1S/C17H19NO2S/c1-20-16-9-7-14(8-10-16)13-21-12-11-18-17(19)15-5-3-2-4-6-15/h2-10H,11-13H2,1H3,(H,18,19). The van der Waals surface area contributed by atoms with Gasteiger partial charge in [0.05, 0.1) is 7.11 Å². The minimum Gasteiger partial charge on any atom is -0.497 e. The van der Waals surface area contributed by atoms with Crippen LogP contribution >= 0.6 is 11.8 Å². The molecule has 2 aromatic carbocycles. The van der Waals surface area contributed by atoms with E-state index in [4.69, 9.17) is 4.74 Å². The van der Waals surface area contributed by atoms with Gasteiger partial charge in [-0.3, -0.25) is 4.79 Å². The molecule has 0 radical (unpaired) electrons. The third-order valence-electron chi connectivity index (χ3n) is 3.00. The van der Waals surface area contributed by atoms with Crippen molar-refractivity contribution in [1.29, 1.82) is 0 Å². The molecule has 0 fully saturated rings. The molecule has 1 N–H and O–H groups in total. The molecule has 0 aromatic heterocycles. The maximum absolute atomic E-state index is 11.8. The summed E-state index contributed by atoms with van der Waals surface area (Å²) < 4.78 is 5.13. The minimum absolute atomic E-state index is 0.0133. The molecule has 0 saturated heterocycles. The highest BCUT2D eigenvalue weighted by Gasteiger charge is 2.02. The summed E-state index contributed by atoms with van der Waals surface area (Å²) in [7, 11) is 1.67. The van der Waals surface area contributed by atoms with Crippen molar-refractivity contribution in [2.45, 2.75) is 5.75 Å². The van der Waals surface area contributed by atoms with Crippen LogP contribution < -0.4 is 10.1 Å². The zero-order chi connectivity index (χ0) is 14.9. The number of carbonyl (C=O) groups is 1. The fraction of sp³-hybridized carbons (Fsp3) is 0.235. The lowest BCUT2D eigenvalue weighted by Crippen LogP contribution is -2.25. The molecule has 110 valence electrons. The second-order valence-electron chi connectivity index (χ2n) is 4.52. The van der Waals surface area contributed by atoms with Gasteiger partial charge in [0.15, 0.2) is 0 Å². The van der Waals surface area contributed by atoms with Crippen molar-refractivity contribution in [1.82, 2.24) is 5.32 Å². The SMILES string of the molecule is COc1ccc(CSCCNC(=O)c2ccccc2)cc1. The Morgan fingerprint density at radius 1 is 1.10 bits per heavy atom. The average Bonchev–Trinajstić information content (AvgIpc) is 2.55. The molecule has 0 heterocycles. The van der Waals surface area contributed by atoms with E-state index in [9.17, 15) is 4.79 Å². The van der Waals surface area contributed by atoms with E-state index in [1.165, 1.54) is 5.56 Å². The second-order valence-corrected chi connectivity index (χ2v) is 5.63. The molecule has 0 spiro atoms. The largest absolute Gasteiger partial charge is 0.497 e. The van der Waals surface area contributed by atoms with Gasteiger partial charge in [-0.05, 0) is 29.8 Å². The molecule has 4 heteroatoms. The van der Waals surface area contributed by atoms with E-state index in [2.05, 4.69) is 17.4 Å². The van der Waals surface area contributed by atoms with Gasteiger partial charge in [0.2, 0.25) is 0 Å². The predicted octanol–water partition coefficient (Wildman–Crippen LogP) is 3.36. The van der Waals surface area contributed by atoms with Crippen LogP contribution in [0.3, 0.4) is 0 Å². The van der Waals surface area contributed by atoms with Gasteiger partial charge >= 0.3 is 0 Å². The highest BCUT2D eigenvalue weighted by molar-refractivity contribution is 7.98. The van der Waals surface area contributed by atoms with E-state index < -0.39 is 0 Å². The average molecular weight is 301 g/mol. The minimum atomic E-state index is -0.0133. The molecule has 21 heavy (non-hydrogen) atoms. The topological polar surface area (TPSA) is 38.3 Å². The van der Waals surface area contributed by atoms with Crippen LogP contribution in [0.1, 0.15) is 15.9 Å². The van der Waals surface area contributed by atoms with Crippen LogP contribution in [0.5, 0.6) is 5.75 Å². The fourth-order valence-corrected chi connectivity index (χ4v) is 2.66. The van der Waals surface area contributed by atoms with Gasteiger partial charge < -0.3 is 10.1 Å². The smallest absolute Gasteiger partial charge is 0.251 e. The van der Waals surface area contributed by atoms with E-state index in [0.29, 0.717) is 12.1 Å². The first-order valence-corrected chi connectivity index (χ1v) is 7.99. The molecular formula is C17H19NO2S. The Labute approximate surface area is 129 Å². The lowest BCUT2D eigenvalue weighted by molar-refractivity contribution is 0.0956. The molecule has 3 nitrogen and oxygen atoms in total. The Bertz CT molecular complexity index is 555. The molecule has 2 rings (SSSR count). The number of carbonyl (C=O) groups excluding carboxylic acids is 1. The van der Waals surface area contributed by atoms with Crippen LogP contribution in [0.25, 0.3) is 0 Å². The first kappa shape index (κ1) is 15.4. The molecule has 0 aliphatic heterocycles. The molecular weight excluding hydrogens is 282 g/mol. The number of rotatable bonds is 7. The third kappa shape index (κ3) is 5.16. The molecule has 0 atom stereocenters. The Morgan fingerprint density at radius 2 is 1.81 bits per heavy atom. The van der Waals surface area contributed by atoms with Gasteiger partial charge in [-0.25, -0.2) is 0 Å². The number of nitrogens with one attached hydrogen (secondary N) is 1. The third-order valence-corrected chi connectivity index (χ3v) is 4.03.